The van der Waals surface area contributed by atoms with E-state index in [0.717, 1.165) is 0 Å². The van der Waals surface area contributed by atoms with Crippen LogP contribution < -0.4 is 0 Å². The monoisotopic (exact) mass is 150 g/mol. The van der Waals surface area contributed by atoms with E-state index in [4.69, 9.17) is 0 Å². The standard InChI is InChI=1S/C11H18/c1-3-7-11(8-4-2)9-5-6-10-11/h5-6,9-10H,3-4,7-8H2,1-2H3. The zero-order valence-corrected chi connectivity index (χ0v) is 7.64. The number of allylic oxidation sites excluding steroid dienone is 4. The molecule has 62 valence electrons. The molecular weight excluding hydrogens is 132 g/mol. The maximum atomic E-state index is 2.36. The van der Waals surface area contributed by atoms with Crippen molar-refractivity contribution in [1.82, 2.24) is 0 Å². The smallest absolute Gasteiger partial charge is 0.00669 e. The number of hydrogen-bond donors (Lipinski definition) is 0. The second-order valence-electron chi connectivity index (χ2n) is 3.45. The third kappa shape index (κ3) is 1.95. The van der Waals surface area contributed by atoms with Crippen LogP contribution in [0.5, 0.6) is 0 Å². The molecule has 1 aliphatic carbocycles. The molecule has 0 aromatic heterocycles. The van der Waals surface area contributed by atoms with Gasteiger partial charge in [0, 0.05) is 5.41 Å². The van der Waals surface area contributed by atoms with E-state index in [2.05, 4.69) is 38.2 Å². The van der Waals surface area contributed by atoms with Crippen LogP contribution in [0, 0.1) is 5.41 Å². The van der Waals surface area contributed by atoms with Crippen LogP contribution in [-0.4, -0.2) is 0 Å². The largest absolute Gasteiger partial charge is 0.0745 e. The van der Waals surface area contributed by atoms with Crippen LogP contribution in [0.3, 0.4) is 0 Å². The van der Waals surface area contributed by atoms with Gasteiger partial charge >= 0.3 is 0 Å². The molecule has 0 saturated heterocycles. The third-order valence-corrected chi connectivity index (χ3v) is 2.40. The highest BCUT2D eigenvalue weighted by Crippen LogP contribution is 2.36. The maximum absolute atomic E-state index is 2.36. The molecule has 1 rings (SSSR count). The maximum Gasteiger partial charge on any atom is 0.00669 e. The lowest BCUT2D eigenvalue weighted by atomic mass is 9.81. The SMILES string of the molecule is CCCC1(CCC)C=CC=C1. The summed E-state index contributed by atoms with van der Waals surface area (Å²) < 4.78 is 0. The molecule has 0 spiro atoms. The van der Waals surface area contributed by atoms with Crippen LogP contribution in [0.1, 0.15) is 39.5 Å². The Hall–Kier alpha value is -0.520. The van der Waals surface area contributed by atoms with Crippen molar-refractivity contribution >= 4 is 0 Å². The fraction of sp³-hybridized carbons (Fsp3) is 0.636. The van der Waals surface area contributed by atoms with Gasteiger partial charge in [0.25, 0.3) is 0 Å². The first-order valence-corrected chi connectivity index (χ1v) is 4.70. The molecule has 11 heavy (non-hydrogen) atoms. The van der Waals surface area contributed by atoms with Crippen molar-refractivity contribution in [3.63, 3.8) is 0 Å². The molecule has 0 saturated carbocycles. The highest BCUT2D eigenvalue weighted by Gasteiger charge is 2.23. The van der Waals surface area contributed by atoms with Gasteiger partial charge in [-0.05, 0) is 12.8 Å². The lowest BCUT2D eigenvalue weighted by Crippen LogP contribution is -2.11. The third-order valence-electron chi connectivity index (χ3n) is 2.40. The molecule has 0 heterocycles. The topological polar surface area (TPSA) is 0 Å². The molecule has 1 aliphatic rings. The highest BCUT2D eigenvalue weighted by molar-refractivity contribution is 5.24. The predicted octanol–water partition coefficient (Wildman–Crippen LogP) is 3.70. The lowest BCUT2D eigenvalue weighted by Gasteiger charge is -2.23. The summed E-state index contributed by atoms with van der Waals surface area (Å²) in [6, 6.07) is 0. The Morgan fingerprint density at radius 3 is 1.73 bits per heavy atom. The molecule has 0 bridgehead atoms. The van der Waals surface area contributed by atoms with Gasteiger partial charge < -0.3 is 0 Å². The first-order valence-electron chi connectivity index (χ1n) is 4.70. The highest BCUT2D eigenvalue weighted by atomic mass is 14.3. The molecule has 0 nitrogen and oxygen atoms in total. The fourth-order valence-corrected chi connectivity index (χ4v) is 1.94. The Balaban J connectivity index is 2.56. The van der Waals surface area contributed by atoms with E-state index < -0.39 is 0 Å². The summed E-state index contributed by atoms with van der Waals surface area (Å²) >= 11 is 0. The van der Waals surface area contributed by atoms with Crippen molar-refractivity contribution in [2.45, 2.75) is 39.5 Å². The normalized spacial score (nSPS) is 19.5. The minimum Gasteiger partial charge on any atom is -0.0745 e. The average molecular weight is 150 g/mol. The summed E-state index contributed by atoms with van der Waals surface area (Å²) in [4.78, 5) is 0. The van der Waals surface area contributed by atoms with Gasteiger partial charge in [0.15, 0.2) is 0 Å². The number of rotatable bonds is 4. The molecule has 0 N–H and O–H groups in total. The summed E-state index contributed by atoms with van der Waals surface area (Å²) in [5, 5.41) is 0. The van der Waals surface area contributed by atoms with Crippen molar-refractivity contribution in [2.75, 3.05) is 0 Å². The van der Waals surface area contributed by atoms with Crippen LogP contribution in [0.15, 0.2) is 24.3 Å². The number of hydrogen-bond acceptors (Lipinski definition) is 0. The van der Waals surface area contributed by atoms with Crippen molar-refractivity contribution in [3.05, 3.63) is 24.3 Å². The zero-order chi connectivity index (χ0) is 8.16. The van der Waals surface area contributed by atoms with Gasteiger partial charge in [-0.3, -0.25) is 0 Å². The minimum atomic E-state index is 0.434. The van der Waals surface area contributed by atoms with Gasteiger partial charge in [-0.25, -0.2) is 0 Å². The van der Waals surface area contributed by atoms with Crippen LogP contribution in [0.4, 0.5) is 0 Å². The molecule has 0 aliphatic heterocycles. The summed E-state index contributed by atoms with van der Waals surface area (Å²) in [5.74, 6) is 0. The van der Waals surface area contributed by atoms with Crippen molar-refractivity contribution in [1.29, 1.82) is 0 Å². The van der Waals surface area contributed by atoms with Gasteiger partial charge in [-0.2, -0.15) is 0 Å². The van der Waals surface area contributed by atoms with Crippen molar-refractivity contribution in [3.8, 4) is 0 Å². The van der Waals surface area contributed by atoms with E-state index >= 15 is 0 Å². The van der Waals surface area contributed by atoms with E-state index in [9.17, 15) is 0 Å². The van der Waals surface area contributed by atoms with Gasteiger partial charge in [0.2, 0.25) is 0 Å². The summed E-state index contributed by atoms with van der Waals surface area (Å²) in [6.07, 6.45) is 14.3. The molecule has 0 fully saturated rings. The van der Waals surface area contributed by atoms with Crippen LogP contribution >= 0.6 is 0 Å². The molecular formula is C11H18. The Bertz CT molecular complexity index is 143. The van der Waals surface area contributed by atoms with Crippen LogP contribution in [0.2, 0.25) is 0 Å². The second kappa shape index (κ2) is 3.75. The molecule has 0 aromatic rings. The second-order valence-corrected chi connectivity index (χ2v) is 3.45. The Labute approximate surface area is 70.0 Å². The van der Waals surface area contributed by atoms with E-state index in [1.54, 1.807) is 0 Å². The van der Waals surface area contributed by atoms with E-state index in [1.165, 1.54) is 25.7 Å². The predicted molar refractivity (Wildman–Crippen MR) is 50.5 cm³/mol. The Morgan fingerprint density at radius 1 is 0.909 bits per heavy atom. The molecule has 0 aromatic carbocycles. The lowest BCUT2D eigenvalue weighted by molar-refractivity contribution is 0.409. The van der Waals surface area contributed by atoms with Gasteiger partial charge in [0.05, 0.1) is 0 Å². The first kappa shape index (κ1) is 8.58. The fourth-order valence-electron chi connectivity index (χ4n) is 1.94. The average Bonchev–Trinajstić information content (AvgIpc) is 2.39. The first-order chi connectivity index (χ1) is 5.33. The van der Waals surface area contributed by atoms with Gasteiger partial charge in [-0.15, -0.1) is 0 Å². The minimum absolute atomic E-state index is 0.434. The van der Waals surface area contributed by atoms with Crippen LogP contribution in [-0.2, 0) is 0 Å². The van der Waals surface area contributed by atoms with Gasteiger partial charge in [-0.1, -0.05) is 51.0 Å². The molecule has 0 atom stereocenters. The summed E-state index contributed by atoms with van der Waals surface area (Å²) in [6.45, 7) is 4.52. The van der Waals surface area contributed by atoms with Crippen molar-refractivity contribution < 1.29 is 0 Å². The van der Waals surface area contributed by atoms with Crippen molar-refractivity contribution in [2.24, 2.45) is 5.41 Å². The molecule has 0 radical (unpaired) electrons. The summed E-state index contributed by atoms with van der Waals surface area (Å²) in [5.41, 5.74) is 0.434. The van der Waals surface area contributed by atoms with E-state index in [-0.39, 0.29) is 0 Å². The quantitative estimate of drug-likeness (QED) is 0.573. The van der Waals surface area contributed by atoms with E-state index in [0.29, 0.717) is 5.41 Å². The Kier molecular flexibility index (Phi) is 2.92. The Morgan fingerprint density at radius 2 is 1.36 bits per heavy atom. The molecule has 0 unspecified atom stereocenters. The van der Waals surface area contributed by atoms with E-state index in [1.807, 2.05) is 0 Å². The molecule has 0 amide bonds. The summed E-state index contributed by atoms with van der Waals surface area (Å²) in [7, 11) is 0. The molecule has 0 heteroatoms. The van der Waals surface area contributed by atoms with Gasteiger partial charge in [0.1, 0.15) is 0 Å². The van der Waals surface area contributed by atoms with Crippen LogP contribution in [0.25, 0.3) is 0 Å². The zero-order valence-electron chi connectivity index (χ0n) is 7.64.